The van der Waals surface area contributed by atoms with Crippen LogP contribution in [0.4, 0.5) is 13.2 Å². The van der Waals surface area contributed by atoms with Crippen molar-refractivity contribution in [3.63, 3.8) is 0 Å². The SMILES string of the molecule is C=CC(=O)N1CCC(C(=O)N(Cc2ccccc2)CC(F)(F)F)CC1. The number of hydrogen-bond donors (Lipinski definition) is 0. The van der Waals surface area contributed by atoms with Gasteiger partial charge in [0.1, 0.15) is 6.54 Å². The highest BCUT2D eigenvalue weighted by atomic mass is 19.4. The number of nitrogens with zero attached hydrogens (tertiary/aromatic N) is 2. The molecule has 0 spiro atoms. The van der Waals surface area contributed by atoms with Crippen LogP contribution in [0.1, 0.15) is 18.4 Å². The van der Waals surface area contributed by atoms with E-state index in [-0.39, 0.29) is 12.5 Å². The molecule has 0 aromatic heterocycles. The molecule has 1 heterocycles. The monoisotopic (exact) mass is 354 g/mol. The fourth-order valence-electron chi connectivity index (χ4n) is 2.97. The van der Waals surface area contributed by atoms with Crippen LogP contribution in [0.3, 0.4) is 0 Å². The van der Waals surface area contributed by atoms with Crippen LogP contribution in [0.25, 0.3) is 0 Å². The topological polar surface area (TPSA) is 40.6 Å². The first-order chi connectivity index (χ1) is 11.8. The number of alkyl halides is 3. The Kier molecular flexibility index (Phi) is 6.22. The molecular weight excluding hydrogens is 333 g/mol. The minimum Gasteiger partial charge on any atom is -0.339 e. The van der Waals surface area contributed by atoms with Gasteiger partial charge in [-0.3, -0.25) is 9.59 Å². The summed E-state index contributed by atoms with van der Waals surface area (Å²) in [6.07, 6.45) is -2.53. The fraction of sp³-hybridized carbons (Fsp3) is 0.444. The molecule has 0 N–H and O–H groups in total. The summed E-state index contributed by atoms with van der Waals surface area (Å²) in [6, 6.07) is 8.62. The molecule has 7 heteroatoms. The number of carbonyl (C=O) groups is 2. The molecule has 0 radical (unpaired) electrons. The maximum atomic E-state index is 12.9. The molecule has 0 aliphatic carbocycles. The molecule has 0 unspecified atom stereocenters. The third kappa shape index (κ3) is 5.62. The molecule has 1 aromatic carbocycles. The molecule has 136 valence electrons. The predicted molar refractivity (Wildman–Crippen MR) is 87.4 cm³/mol. The van der Waals surface area contributed by atoms with Crippen LogP contribution >= 0.6 is 0 Å². The number of piperidine rings is 1. The van der Waals surface area contributed by atoms with Gasteiger partial charge < -0.3 is 9.80 Å². The lowest BCUT2D eigenvalue weighted by molar-refractivity contribution is -0.166. The molecule has 1 aliphatic rings. The number of likely N-dealkylation sites (tertiary alicyclic amines) is 1. The van der Waals surface area contributed by atoms with Crippen molar-refractivity contribution in [1.29, 1.82) is 0 Å². The summed E-state index contributed by atoms with van der Waals surface area (Å²) < 4.78 is 38.7. The zero-order valence-electron chi connectivity index (χ0n) is 13.8. The quantitative estimate of drug-likeness (QED) is 0.763. The lowest BCUT2D eigenvalue weighted by atomic mass is 9.95. The third-order valence-corrected chi connectivity index (χ3v) is 4.23. The van der Waals surface area contributed by atoms with Gasteiger partial charge in [-0.2, -0.15) is 13.2 Å². The van der Waals surface area contributed by atoms with Crippen molar-refractivity contribution in [1.82, 2.24) is 9.80 Å². The maximum Gasteiger partial charge on any atom is 0.406 e. The smallest absolute Gasteiger partial charge is 0.339 e. The summed E-state index contributed by atoms with van der Waals surface area (Å²) in [4.78, 5) is 26.6. The van der Waals surface area contributed by atoms with E-state index in [9.17, 15) is 22.8 Å². The molecule has 0 bridgehead atoms. The van der Waals surface area contributed by atoms with Crippen molar-refractivity contribution in [3.8, 4) is 0 Å². The van der Waals surface area contributed by atoms with E-state index in [2.05, 4.69) is 6.58 Å². The van der Waals surface area contributed by atoms with E-state index in [0.717, 1.165) is 4.90 Å². The van der Waals surface area contributed by atoms with Gasteiger partial charge in [-0.25, -0.2) is 0 Å². The van der Waals surface area contributed by atoms with Gasteiger partial charge in [0, 0.05) is 25.6 Å². The number of amides is 2. The molecule has 25 heavy (non-hydrogen) atoms. The lowest BCUT2D eigenvalue weighted by Crippen LogP contribution is -2.46. The van der Waals surface area contributed by atoms with E-state index < -0.39 is 24.5 Å². The normalized spacial score (nSPS) is 15.7. The van der Waals surface area contributed by atoms with E-state index in [4.69, 9.17) is 0 Å². The zero-order chi connectivity index (χ0) is 18.4. The number of hydrogen-bond acceptors (Lipinski definition) is 2. The number of rotatable bonds is 5. The van der Waals surface area contributed by atoms with E-state index in [1.165, 1.54) is 6.08 Å². The molecule has 1 fully saturated rings. The summed E-state index contributed by atoms with van der Waals surface area (Å²) in [6.45, 7) is 2.77. The van der Waals surface area contributed by atoms with Crippen molar-refractivity contribution < 1.29 is 22.8 Å². The molecule has 1 aliphatic heterocycles. The molecule has 2 amide bonds. The zero-order valence-corrected chi connectivity index (χ0v) is 13.8. The Morgan fingerprint density at radius 2 is 1.80 bits per heavy atom. The van der Waals surface area contributed by atoms with Crippen LogP contribution in [0.5, 0.6) is 0 Å². The molecule has 2 rings (SSSR count). The molecule has 1 aromatic rings. The van der Waals surface area contributed by atoms with Crippen LogP contribution in [0.15, 0.2) is 43.0 Å². The molecule has 0 atom stereocenters. The highest BCUT2D eigenvalue weighted by molar-refractivity contribution is 5.87. The highest BCUT2D eigenvalue weighted by Crippen LogP contribution is 2.24. The van der Waals surface area contributed by atoms with Gasteiger partial charge in [0.15, 0.2) is 0 Å². The molecule has 1 saturated heterocycles. The maximum absolute atomic E-state index is 12.9. The Morgan fingerprint density at radius 1 is 1.20 bits per heavy atom. The fourth-order valence-corrected chi connectivity index (χ4v) is 2.97. The van der Waals surface area contributed by atoms with Crippen molar-refractivity contribution in [3.05, 3.63) is 48.6 Å². The Labute approximate surface area is 144 Å². The number of halogens is 3. The lowest BCUT2D eigenvalue weighted by Gasteiger charge is -2.34. The summed E-state index contributed by atoms with van der Waals surface area (Å²) in [5.74, 6) is -1.23. The Morgan fingerprint density at radius 3 is 2.32 bits per heavy atom. The van der Waals surface area contributed by atoms with Gasteiger partial charge >= 0.3 is 6.18 Å². The van der Waals surface area contributed by atoms with Gasteiger partial charge in [0.2, 0.25) is 11.8 Å². The highest BCUT2D eigenvalue weighted by Gasteiger charge is 2.36. The van der Waals surface area contributed by atoms with Crippen LogP contribution in [0, 0.1) is 5.92 Å². The van der Waals surface area contributed by atoms with Crippen molar-refractivity contribution in [2.24, 2.45) is 5.92 Å². The first kappa shape index (κ1) is 19.0. The van der Waals surface area contributed by atoms with E-state index in [1.807, 2.05) is 0 Å². The van der Waals surface area contributed by atoms with Crippen LogP contribution in [0.2, 0.25) is 0 Å². The molecular formula is C18H21F3N2O2. The Hall–Kier alpha value is -2.31. The summed E-state index contributed by atoms with van der Waals surface area (Å²) in [7, 11) is 0. The molecule has 0 saturated carbocycles. The first-order valence-corrected chi connectivity index (χ1v) is 8.11. The largest absolute Gasteiger partial charge is 0.406 e. The minimum absolute atomic E-state index is 0.0784. The van der Waals surface area contributed by atoms with Gasteiger partial charge in [-0.1, -0.05) is 36.9 Å². The molecule has 4 nitrogen and oxygen atoms in total. The standard InChI is InChI=1S/C18H21F3N2O2/c1-2-16(24)22-10-8-15(9-11-22)17(25)23(13-18(19,20)21)12-14-6-4-3-5-7-14/h2-7,15H,1,8-13H2. The van der Waals surface area contributed by atoms with Gasteiger partial charge in [0.05, 0.1) is 0 Å². The predicted octanol–water partition coefficient (Wildman–Crippen LogP) is 3.00. The summed E-state index contributed by atoms with van der Waals surface area (Å²) in [5, 5.41) is 0. The first-order valence-electron chi connectivity index (χ1n) is 8.11. The van der Waals surface area contributed by atoms with Gasteiger partial charge in [-0.05, 0) is 24.5 Å². The second-order valence-electron chi connectivity index (χ2n) is 6.10. The number of carbonyl (C=O) groups excluding carboxylic acids is 2. The average molecular weight is 354 g/mol. The summed E-state index contributed by atoms with van der Waals surface area (Å²) >= 11 is 0. The van der Waals surface area contributed by atoms with Gasteiger partial charge in [-0.15, -0.1) is 0 Å². The van der Waals surface area contributed by atoms with Crippen molar-refractivity contribution in [2.75, 3.05) is 19.6 Å². The summed E-state index contributed by atoms with van der Waals surface area (Å²) in [5.41, 5.74) is 0.652. The Bertz CT molecular complexity index is 608. The third-order valence-electron chi connectivity index (χ3n) is 4.23. The van der Waals surface area contributed by atoms with Gasteiger partial charge in [0.25, 0.3) is 0 Å². The second kappa shape index (κ2) is 8.18. The van der Waals surface area contributed by atoms with E-state index in [0.29, 0.717) is 31.5 Å². The number of benzene rings is 1. The average Bonchev–Trinajstić information content (AvgIpc) is 2.60. The van der Waals surface area contributed by atoms with Crippen LogP contribution < -0.4 is 0 Å². The van der Waals surface area contributed by atoms with E-state index in [1.54, 1.807) is 35.2 Å². The van der Waals surface area contributed by atoms with E-state index >= 15 is 0 Å². The Balaban J connectivity index is 2.05. The second-order valence-corrected chi connectivity index (χ2v) is 6.10. The minimum atomic E-state index is -4.45. The van der Waals surface area contributed by atoms with Crippen LogP contribution in [-0.2, 0) is 16.1 Å². The van der Waals surface area contributed by atoms with Crippen molar-refractivity contribution in [2.45, 2.75) is 25.6 Å². The van der Waals surface area contributed by atoms with Crippen molar-refractivity contribution >= 4 is 11.8 Å². The van der Waals surface area contributed by atoms with Crippen LogP contribution in [-0.4, -0.2) is 47.4 Å².